The molecule has 1 aromatic rings. The van der Waals surface area contributed by atoms with Crippen LogP contribution in [0, 0.1) is 11.8 Å². The molecule has 0 bridgehead atoms. The molecule has 3 N–H and O–H groups in total. The van der Waals surface area contributed by atoms with E-state index in [1.54, 1.807) is 19.4 Å². The van der Waals surface area contributed by atoms with Gasteiger partial charge in [-0.2, -0.15) is 0 Å². The van der Waals surface area contributed by atoms with Gasteiger partial charge in [0.15, 0.2) is 5.13 Å². The van der Waals surface area contributed by atoms with Gasteiger partial charge in [-0.25, -0.2) is 9.78 Å². The van der Waals surface area contributed by atoms with Crippen molar-refractivity contribution in [2.75, 3.05) is 25.0 Å². The zero-order valence-corrected chi connectivity index (χ0v) is 17.8. The third-order valence-corrected chi connectivity index (χ3v) is 8.03. The number of aliphatic carboxylic acids is 1. The highest BCUT2D eigenvalue weighted by molar-refractivity contribution is 8.03. The number of thioether (sulfide) groups is 1. The molecule has 0 spiro atoms. The molecule has 4 atom stereocenters. The molecule has 3 aliphatic heterocycles. The van der Waals surface area contributed by atoms with Gasteiger partial charge >= 0.3 is 5.97 Å². The predicted molar refractivity (Wildman–Crippen MR) is 109 cm³/mol. The molecule has 1 aromatic heterocycles. The summed E-state index contributed by atoms with van der Waals surface area (Å²) in [4.78, 5) is 44.3. The number of rotatable bonds is 6. The van der Waals surface area contributed by atoms with Gasteiger partial charge in [0.2, 0.25) is 5.91 Å². The Morgan fingerprint density at radius 3 is 2.69 bits per heavy atom. The average Bonchev–Trinajstić information content (AvgIpc) is 3.19. The number of thiazole rings is 1. The van der Waals surface area contributed by atoms with Crippen LogP contribution in [0.3, 0.4) is 0 Å². The van der Waals surface area contributed by atoms with Crippen molar-refractivity contribution in [1.82, 2.24) is 15.2 Å². The van der Waals surface area contributed by atoms with Gasteiger partial charge in [0, 0.05) is 41.6 Å². The molecule has 29 heavy (non-hydrogen) atoms. The Morgan fingerprint density at radius 1 is 1.41 bits per heavy atom. The van der Waals surface area contributed by atoms with Crippen molar-refractivity contribution in [3.05, 3.63) is 21.7 Å². The van der Waals surface area contributed by atoms with E-state index < -0.39 is 18.0 Å². The molecule has 0 aliphatic carbocycles. The van der Waals surface area contributed by atoms with Crippen molar-refractivity contribution in [3.63, 3.8) is 0 Å². The maximum absolute atomic E-state index is 12.4. The van der Waals surface area contributed by atoms with Gasteiger partial charge in [-0.1, -0.05) is 6.92 Å². The summed E-state index contributed by atoms with van der Waals surface area (Å²) in [6, 6.07) is -0.290. The molecule has 156 valence electrons. The van der Waals surface area contributed by atoms with E-state index in [2.05, 4.69) is 10.3 Å². The normalized spacial score (nSPS) is 27.4. The smallest absolute Gasteiger partial charge is 0.353 e. The minimum atomic E-state index is -1.11. The van der Waals surface area contributed by atoms with E-state index in [1.807, 2.05) is 11.8 Å². The summed E-state index contributed by atoms with van der Waals surface area (Å²) >= 11 is 2.90. The standard InChI is InChI=1S/C18H22N4O5S2/c1-7-12-11(8(2)23)16(25)22(12)13(17(26)27)14(7)29-9-4-21(5-9)18-20-10(6-28-18)15(24)19-3/h6-9,11-12,23H,4-5H2,1-3H3,(H,19,24)(H,26,27)/t7-,8?,11?,12?/m1/s1. The van der Waals surface area contributed by atoms with Gasteiger partial charge in [-0.3, -0.25) is 9.59 Å². The van der Waals surface area contributed by atoms with Gasteiger partial charge in [0.05, 0.1) is 18.1 Å². The second-order valence-electron chi connectivity index (χ2n) is 7.51. The zero-order valence-electron chi connectivity index (χ0n) is 16.2. The largest absolute Gasteiger partial charge is 0.477 e. The number of anilines is 1. The number of aliphatic hydroxyl groups is 1. The van der Waals surface area contributed by atoms with E-state index >= 15 is 0 Å². The Hall–Kier alpha value is -2.11. The fraction of sp³-hybridized carbons (Fsp3) is 0.556. The first-order valence-electron chi connectivity index (χ1n) is 9.32. The van der Waals surface area contributed by atoms with E-state index in [4.69, 9.17) is 0 Å². The molecule has 2 fully saturated rings. The number of nitrogens with one attached hydrogen (secondary N) is 1. The van der Waals surface area contributed by atoms with E-state index in [9.17, 15) is 24.6 Å². The molecule has 3 unspecified atom stereocenters. The summed E-state index contributed by atoms with van der Waals surface area (Å²) in [5.41, 5.74) is 0.444. The van der Waals surface area contributed by atoms with Crippen LogP contribution >= 0.6 is 23.1 Å². The summed E-state index contributed by atoms with van der Waals surface area (Å²) in [5, 5.41) is 24.8. The fourth-order valence-electron chi connectivity index (χ4n) is 4.17. The number of carbonyl (C=O) groups excluding carboxylic acids is 2. The van der Waals surface area contributed by atoms with Crippen LogP contribution < -0.4 is 10.2 Å². The summed E-state index contributed by atoms with van der Waals surface area (Å²) < 4.78 is 0. The molecule has 11 heteroatoms. The number of carbonyl (C=O) groups is 3. The molecule has 2 saturated heterocycles. The number of nitrogens with zero attached hydrogens (tertiary/aromatic N) is 3. The SMILES string of the molecule is CNC(=O)c1csc(N2CC(SC3=C(C(=O)O)N4C(=O)C(C(C)O)C4[C@H]3C)C2)n1. The van der Waals surface area contributed by atoms with Crippen LogP contribution in [0.25, 0.3) is 0 Å². The summed E-state index contributed by atoms with van der Waals surface area (Å²) in [6.45, 7) is 4.87. The fourth-order valence-corrected chi connectivity index (χ4v) is 6.51. The van der Waals surface area contributed by atoms with E-state index in [0.29, 0.717) is 23.7 Å². The van der Waals surface area contributed by atoms with Gasteiger partial charge < -0.3 is 25.3 Å². The van der Waals surface area contributed by atoms with Gasteiger partial charge in [0.1, 0.15) is 11.4 Å². The number of fused-ring (bicyclic) bond motifs is 1. The highest BCUT2D eigenvalue weighted by Crippen LogP contribution is 2.52. The highest BCUT2D eigenvalue weighted by atomic mass is 32.2. The zero-order chi connectivity index (χ0) is 21.0. The Morgan fingerprint density at radius 2 is 2.10 bits per heavy atom. The Balaban J connectivity index is 1.45. The lowest BCUT2D eigenvalue weighted by Crippen LogP contribution is -2.63. The number of carboxylic acid groups (broad SMARTS) is 1. The summed E-state index contributed by atoms with van der Waals surface area (Å²) in [7, 11) is 1.56. The Labute approximate surface area is 175 Å². The maximum Gasteiger partial charge on any atom is 0.353 e. The minimum Gasteiger partial charge on any atom is -0.477 e. The lowest BCUT2D eigenvalue weighted by atomic mass is 9.79. The molecule has 9 nitrogen and oxygen atoms in total. The molecule has 0 aromatic carbocycles. The molecule has 4 heterocycles. The van der Waals surface area contributed by atoms with Crippen LogP contribution in [0.5, 0.6) is 0 Å². The van der Waals surface area contributed by atoms with Crippen LogP contribution in [-0.4, -0.2) is 75.4 Å². The lowest BCUT2D eigenvalue weighted by molar-refractivity contribution is -0.163. The predicted octanol–water partition coefficient (Wildman–Crippen LogP) is 0.578. The van der Waals surface area contributed by atoms with Crippen molar-refractivity contribution in [2.45, 2.75) is 31.2 Å². The number of hydrogen-bond acceptors (Lipinski definition) is 8. The second kappa shape index (κ2) is 7.29. The van der Waals surface area contributed by atoms with E-state index in [1.165, 1.54) is 28.0 Å². The molecule has 4 rings (SSSR count). The first-order chi connectivity index (χ1) is 13.7. The first-order valence-corrected chi connectivity index (χ1v) is 11.1. The quantitative estimate of drug-likeness (QED) is 0.551. The van der Waals surface area contributed by atoms with Gasteiger partial charge in [-0.05, 0) is 6.92 Å². The monoisotopic (exact) mass is 438 g/mol. The second-order valence-corrected chi connectivity index (χ2v) is 9.69. The summed E-state index contributed by atoms with van der Waals surface area (Å²) in [5.74, 6) is -2.32. The van der Waals surface area contributed by atoms with Crippen LogP contribution in [0.1, 0.15) is 24.3 Å². The number of carboxylic acids is 1. The van der Waals surface area contributed by atoms with Crippen molar-refractivity contribution >= 4 is 46.0 Å². The van der Waals surface area contributed by atoms with E-state index in [0.717, 1.165) is 5.13 Å². The molecular formula is C18H22N4O5S2. The van der Waals surface area contributed by atoms with Crippen LogP contribution in [-0.2, 0) is 9.59 Å². The molecule has 3 aliphatic rings. The van der Waals surface area contributed by atoms with E-state index in [-0.39, 0.29) is 34.7 Å². The van der Waals surface area contributed by atoms with Crippen molar-refractivity contribution in [2.24, 2.45) is 11.8 Å². The van der Waals surface area contributed by atoms with Crippen LogP contribution in [0.4, 0.5) is 5.13 Å². The van der Waals surface area contributed by atoms with Crippen molar-refractivity contribution < 1.29 is 24.6 Å². The first kappa shape index (κ1) is 20.2. The van der Waals surface area contributed by atoms with Crippen molar-refractivity contribution in [1.29, 1.82) is 0 Å². The third-order valence-electron chi connectivity index (χ3n) is 5.68. The number of aliphatic hydroxyl groups excluding tert-OH is 1. The average molecular weight is 439 g/mol. The molecule has 2 amide bonds. The van der Waals surface area contributed by atoms with Crippen LogP contribution in [0.15, 0.2) is 16.0 Å². The third kappa shape index (κ3) is 3.11. The summed E-state index contributed by atoms with van der Waals surface area (Å²) in [6.07, 6.45) is -0.802. The number of amides is 2. The number of β-lactam (4-membered cyclic amide) rings is 1. The lowest BCUT2D eigenvalue weighted by Gasteiger charge is -2.46. The van der Waals surface area contributed by atoms with Gasteiger partial charge in [0.25, 0.3) is 5.91 Å². The molecular weight excluding hydrogens is 416 g/mol. The maximum atomic E-state index is 12.4. The number of aromatic nitrogens is 1. The Kier molecular flexibility index (Phi) is 5.07. The molecule has 0 radical (unpaired) electrons. The number of hydrogen-bond donors (Lipinski definition) is 3. The van der Waals surface area contributed by atoms with Crippen molar-refractivity contribution in [3.8, 4) is 0 Å². The van der Waals surface area contributed by atoms with Crippen LogP contribution in [0.2, 0.25) is 0 Å². The minimum absolute atomic E-state index is 0.0593. The topological polar surface area (TPSA) is 123 Å². The Bertz CT molecular complexity index is 908. The van der Waals surface area contributed by atoms with Gasteiger partial charge in [-0.15, -0.1) is 23.1 Å². The highest BCUT2D eigenvalue weighted by Gasteiger charge is 2.60. The molecule has 0 saturated carbocycles.